The quantitative estimate of drug-likeness (QED) is 0.808. The van der Waals surface area contributed by atoms with Gasteiger partial charge in [-0.2, -0.15) is 0 Å². The predicted molar refractivity (Wildman–Crippen MR) is 73.1 cm³/mol. The second-order valence-corrected chi connectivity index (χ2v) is 5.28. The average Bonchev–Trinajstić information content (AvgIpc) is 2.33. The number of aliphatic hydroxyl groups is 1. The van der Waals surface area contributed by atoms with Gasteiger partial charge in [0.2, 0.25) is 0 Å². The zero-order valence-corrected chi connectivity index (χ0v) is 12.5. The van der Waals surface area contributed by atoms with Crippen molar-refractivity contribution < 1.29 is 19.0 Å². The molecule has 0 aromatic heterocycles. The fourth-order valence-electron chi connectivity index (χ4n) is 1.72. The summed E-state index contributed by atoms with van der Waals surface area (Å²) in [5, 5.41) is 9.68. The second-order valence-electron chi connectivity index (χ2n) is 4.37. The molecule has 0 saturated carbocycles. The normalized spacial score (nSPS) is 12.5. The van der Waals surface area contributed by atoms with Crippen molar-refractivity contribution in [3.05, 3.63) is 34.1 Å². The molecule has 106 valence electrons. The van der Waals surface area contributed by atoms with Crippen LogP contribution in [0.1, 0.15) is 12.0 Å². The Morgan fingerprint density at radius 3 is 2.89 bits per heavy atom. The molecule has 0 aliphatic heterocycles. The molecule has 0 saturated heterocycles. The van der Waals surface area contributed by atoms with Crippen molar-refractivity contribution >= 4 is 21.9 Å². The summed E-state index contributed by atoms with van der Waals surface area (Å²) in [5.41, 5.74) is 0.530. The lowest BCUT2D eigenvalue weighted by atomic mass is 10.2. The van der Waals surface area contributed by atoms with E-state index < -0.39 is 12.1 Å². The maximum atomic E-state index is 13.5. The minimum absolute atomic E-state index is 0.0677. The number of benzene rings is 1. The van der Waals surface area contributed by atoms with Gasteiger partial charge in [-0.15, -0.1) is 0 Å². The molecule has 0 aliphatic carbocycles. The van der Waals surface area contributed by atoms with Crippen molar-refractivity contribution in [1.82, 2.24) is 4.90 Å². The van der Waals surface area contributed by atoms with Gasteiger partial charge >= 0.3 is 5.97 Å². The molecule has 1 rings (SSSR count). The molecule has 0 bridgehead atoms. The average molecular weight is 334 g/mol. The Kier molecular flexibility index (Phi) is 6.41. The fraction of sp³-hybridized carbons (Fsp3) is 0.462. The molecule has 1 unspecified atom stereocenters. The number of nitrogens with zero attached hydrogens (tertiary/aromatic N) is 1. The first-order chi connectivity index (χ1) is 8.92. The van der Waals surface area contributed by atoms with Crippen molar-refractivity contribution in [2.45, 2.75) is 19.1 Å². The maximum Gasteiger partial charge on any atom is 0.308 e. The SMILES string of the molecule is COC(=O)CC(O)CN(C)Cc1cc(Br)ccc1F. The number of carbonyl (C=O) groups is 1. The van der Waals surface area contributed by atoms with Crippen LogP contribution in [0.4, 0.5) is 4.39 Å². The van der Waals surface area contributed by atoms with E-state index in [2.05, 4.69) is 20.7 Å². The summed E-state index contributed by atoms with van der Waals surface area (Å²) in [4.78, 5) is 12.7. The highest BCUT2D eigenvalue weighted by atomic mass is 79.9. The van der Waals surface area contributed by atoms with Crippen LogP contribution in [0.3, 0.4) is 0 Å². The number of esters is 1. The number of methoxy groups -OCH3 is 1. The molecular weight excluding hydrogens is 317 g/mol. The van der Waals surface area contributed by atoms with Crippen molar-refractivity contribution in [1.29, 1.82) is 0 Å². The Labute approximate surface area is 120 Å². The molecule has 0 radical (unpaired) electrons. The summed E-state index contributed by atoms with van der Waals surface area (Å²) in [6.07, 6.45) is -0.894. The fourth-order valence-corrected chi connectivity index (χ4v) is 2.13. The third-order valence-corrected chi connectivity index (χ3v) is 3.09. The Bertz CT molecular complexity index is 442. The van der Waals surface area contributed by atoms with E-state index in [9.17, 15) is 14.3 Å². The number of aliphatic hydroxyl groups excluding tert-OH is 1. The van der Waals surface area contributed by atoms with Crippen molar-refractivity contribution in [2.75, 3.05) is 20.7 Å². The highest BCUT2D eigenvalue weighted by Crippen LogP contribution is 2.17. The monoisotopic (exact) mass is 333 g/mol. The van der Waals surface area contributed by atoms with Gasteiger partial charge in [0.05, 0.1) is 19.6 Å². The van der Waals surface area contributed by atoms with Gasteiger partial charge in [0.15, 0.2) is 0 Å². The van der Waals surface area contributed by atoms with E-state index in [4.69, 9.17) is 0 Å². The number of halogens is 2. The molecule has 1 N–H and O–H groups in total. The van der Waals surface area contributed by atoms with Gasteiger partial charge in [-0.1, -0.05) is 15.9 Å². The number of rotatable bonds is 6. The molecule has 1 aromatic carbocycles. The minimum Gasteiger partial charge on any atom is -0.469 e. The van der Waals surface area contributed by atoms with Crippen molar-refractivity contribution in [2.24, 2.45) is 0 Å². The van der Waals surface area contributed by atoms with Gasteiger partial charge in [0.25, 0.3) is 0 Å². The van der Waals surface area contributed by atoms with Gasteiger partial charge in [-0.3, -0.25) is 9.69 Å². The highest BCUT2D eigenvalue weighted by Gasteiger charge is 2.14. The van der Waals surface area contributed by atoms with Gasteiger partial charge in [0, 0.05) is 23.1 Å². The van der Waals surface area contributed by atoms with Crippen LogP contribution in [0.2, 0.25) is 0 Å². The number of hydrogen-bond acceptors (Lipinski definition) is 4. The lowest BCUT2D eigenvalue weighted by Crippen LogP contribution is -2.30. The molecule has 0 heterocycles. The third kappa shape index (κ3) is 5.67. The van der Waals surface area contributed by atoms with E-state index in [0.29, 0.717) is 12.1 Å². The third-order valence-electron chi connectivity index (χ3n) is 2.60. The highest BCUT2D eigenvalue weighted by molar-refractivity contribution is 9.10. The van der Waals surface area contributed by atoms with Crippen LogP contribution >= 0.6 is 15.9 Å². The van der Waals surface area contributed by atoms with Crippen LogP contribution in [-0.4, -0.2) is 42.8 Å². The van der Waals surface area contributed by atoms with E-state index in [1.165, 1.54) is 13.2 Å². The zero-order chi connectivity index (χ0) is 14.4. The minimum atomic E-state index is -0.826. The van der Waals surface area contributed by atoms with Gasteiger partial charge in [0.1, 0.15) is 5.82 Å². The number of ether oxygens (including phenoxy) is 1. The molecule has 1 atom stereocenters. The van der Waals surface area contributed by atoms with E-state index in [1.54, 1.807) is 24.1 Å². The summed E-state index contributed by atoms with van der Waals surface area (Å²) in [5.74, 6) is -0.757. The molecule has 19 heavy (non-hydrogen) atoms. The summed E-state index contributed by atoms with van der Waals surface area (Å²) >= 11 is 3.28. The number of carbonyl (C=O) groups excluding carboxylic acids is 1. The smallest absolute Gasteiger partial charge is 0.308 e. The summed E-state index contributed by atoms with van der Waals surface area (Å²) in [6.45, 7) is 0.616. The Balaban J connectivity index is 2.52. The molecule has 4 nitrogen and oxygen atoms in total. The molecule has 0 aliphatic rings. The molecule has 0 spiro atoms. The lowest BCUT2D eigenvalue weighted by Gasteiger charge is -2.20. The van der Waals surface area contributed by atoms with Crippen LogP contribution < -0.4 is 0 Å². The van der Waals surface area contributed by atoms with Crippen LogP contribution in [0.15, 0.2) is 22.7 Å². The zero-order valence-electron chi connectivity index (χ0n) is 10.9. The molecule has 0 amide bonds. The van der Waals surface area contributed by atoms with E-state index in [0.717, 1.165) is 4.47 Å². The second kappa shape index (κ2) is 7.57. The van der Waals surface area contributed by atoms with Crippen LogP contribution in [0.5, 0.6) is 0 Å². The predicted octanol–water partition coefficient (Wildman–Crippen LogP) is 1.94. The van der Waals surface area contributed by atoms with Crippen molar-refractivity contribution in [3.8, 4) is 0 Å². The van der Waals surface area contributed by atoms with E-state index >= 15 is 0 Å². The summed E-state index contributed by atoms with van der Waals surface area (Å²) in [6, 6.07) is 4.71. The lowest BCUT2D eigenvalue weighted by molar-refractivity contribution is -0.143. The van der Waals surface area contributed by atoms with Crippen LogP contribution in [-0.2, 0) is 16.1 Å². The first kappa shape index (κ1) is 16.1. The van der Waals surface area contributed by atoms with E-state index in [-0.39, 0.29) is 18.8 Å². The van der Waals surface area contributed by atoms with Crippen LogP contribution in [0.25, 0.3) is 0 Å². The first-order valence-corrected chi connectivity index (χ1v) is 6.59. The maximum absolute atomic E-state index is 13.5. The summed E-state index contributed by atoms with van der Waals surface area (Å²) in [7, 11) is 3.02. The first-order valence-electron chi connectivity index (χ1n) is 5.79. The topological polar surface area (TPSA) is 49.8 Å². The Hall–Kier alpha value is -0.980. The van der Waals surface area contributed by atoms with Crippen molar-refractivity contribution in [3.63, 3.8) is 0 Å². The largest absolute Gasteiger partial charge is 0.469 e. The van der Waals surface area contributed by atoms with Crippen LogP contribution in [0, 0.1) is 5.82 Å². The van der Waals surface area contributed by atoms with Gasteiger partial charge in [-0.25, -0.2) is 4.39 Å². The number of likely N-dealkylation sites (N-methyl/N-ethyl adjacent to an activating group) is 1. The molecule has 6 heteroatoms. The summed E-state index contributed by atoms with van der Waals surface area (Å²) < 4.78 is 18.8. The molecule has 0 fully saturated rings. The standard InChI is InChI=1S/C13H17BrFNO3/c1-16(8-11(17)6-13(18)19-2)7-9-5-10(14)3-4-12(9)15/h3-5,11,17H,6-8H2,1-2H3. The molecular formula is C13H17BrFNO3. The Morgan fingerprint density at radius 1 is 1.58 bits per heavy atom. The van der Waals surface area contributed by atoms with E-state index in [1.807, 2.05) is 0 Å². The Morgan fingerprint density at radius 2 is 2.26 bits per heavy atom. The molecule has 1 aromatic rings. The number of hydrogen-bond donors (Lipinski definition) is 1. The van der Waals surface area contributed by atoms with Gasteiger partial charge in [-0.05, 0) is 25.2 Å². The van der Waals surface area contributed by atoms with Gasteiger partial charge < -0.3 is 9.84 Å².